The van der Waals surface area contributed by atoms with Crippen LogP contribution in [0.25, 0.3) is 0 Å². The van der Waals surface area contributed by atoms with Crippen molar-refractivity contribution >= 4 is 34.5 Å². The second-order valence-corrected chi connectivity index (χ2v) is 8.11. The second kappa shape index (κ2) is 9.79. The van der Waals surface area contributed by atoms with Crippen molar-refractivity contribution in [3.63, 3.8) is 0 Å². The van der Waals surface area contributed by atoms with Crippen molar-refractivity contribution in [1.29, 1.82) is 0 Å². The molecule has 2 amide bonds. The van der Waals surface area contributed by atoms with Gasteiger partial charge in [-0.15, -0.1) is 0 Å². The number of anilines is 1. The Hall–Kier alpha value is -2.82. The summed E-state index contributed by atoms with van der Waals surface area (Å²) in [4.78, 5) is 39.6. The van der Waals surface area contributed by atoms with Gasteiger partial charge in [-0.2, -0.15) is 11.3 Å². The van der Waals surface area contributed by atoms with Gasteiger partial charge in [-0.25, -0.2) is 0 Å². The maximum absolute atomic E-state index is 12.4. The molecule has 1 aromatic heterocycles. The lowest BCUT2D eigenvalue weighted by molar-refractivity contribution is -0.384. The number of thiophene rings is 1. The number of nitro benzene ring substituents is 1. The first-order valence-electron chi connectivity index (χ1n) is 9.64. The molecule has 1 aromatic carbocycles. The molecule has 0 spiro atoms. The predicted molar refractivity (Wildman–Crippen MR) is 116 cm³/mol. The number of nitrogens with one attached hydrogen (secondary N) is 2. The zero-order valence-corrected chi connectivity index (χ0v) is 17.8. The first kappa shape index (κ1) is 21.9. The Morgan fingerprint density at radius 1 is 1.20 bits per heavy atom. The molecule has 2 aromatic rings. The van der Waals surface area contributed by atoms with Crippen LogP contribution >= 0.6 is 11.3 Å². The smallest absolute Gasteiger partial charge is 0.313 e. The third kappa shape index (κ3) is 5.41. The van der Waals surface area contributed by atoms with Gasteiger partial charge in [0.2, 0.25) is 0 Å². The number of piperazine rings is 1. The summed E-state index contributed by atoms with van der Waals surface area (Å²) in [5.41, 5.74) is 1.94. The number of aryl methyl sites for hydroxylation is 1. The Balaban J connectivity index is 1.61. The summed E-state index contributed by atoms with van der Waals surface area (Å²) in [6.45, 7) is 5.65. The van der Waals surface area contributed by atoms with Crippen molar-refractivity contribution in [1.82, 2.24) is 15.1 Å². The highest BCUT2D eigenvalue weighted by molar-refractivity contribution is 7.08. The monoisotopic (exact) mass is 431 g/mol. The Kier molecular flexibility index (Phi) is 7.14. The molecule has 9 nitrogen and oxygen atoms in total. The fourth-order valence-electron chi connectivity index (χ4n) is 3.41. The van der Waals surface area contributed by atoms with Gasteiger partial charge in [0, 0.05) is 50.5 Å². The van der Waals surface area contributed by atoms with E-state index in [1.165, 1.54) is 18.2 Å². The van der Waals surface area contributed by atoms with Gasteiger partial charge in [0.15, 0.2) is 0 Å². The fraction of sp³-hybridized carbons (Fsp3) is 0.400. The van der Waals surface area contributed by atoms with Gasteiger partial charge in [0.05, 0.1) is 11.0 Å². The minimum Gasteiger partial charge on any atom is -0.346 e. The third-order valence-electron chi connectivity index (χ3n) is 5.24. The zero-order chi connectivity index (χ0) is 21.7. The van der Waals surface area contributed by atoms with E-state index in [1.54, 1.807) is 18.3 Å². The Labute approximate surface area is 178 Å². The maximum Gasteiger partial charge on any atom is 0.313 e. The molecule has 1 fully saturated rings. The van der Waals surface area contributed by atoms with Gasteiger partial charge in [-0.3, -0.25) is 24.6 Å². The quantitative estimate of drug-likeness (QED) is 0.412. The average Bonchev–Trinajstić information content (AvgIpc) is 3.25. The van der Waals surface area contributed by atoms with Crippen molar-refractivity contribution in [2.45, 2.75) is 13.0 Å². The summed E-state index contributed by atoms with van der Waals surface area (Å²) >= 11 is 1.60. The maximum atomic E-state index is 12.4. The number of amides is 2. The molecule has 0 saturated carbocycles. The molecule has 1 saturated heterocycles. The summed E-state index contributed by atoms with van der Waals surface area (Å²) in [5.74, 6) is -1.53. The molecule has 2 heterocycles. The van der Waals surface area contributed by atoms with Crippen LogP contribution in [0.2, 0.25) is 0 Å². The van der Waals surface area contributed by atoms with E-state index in [9.17, 15) is 19.7 Å². The Morgan fingerprint density at radius 2 is 1.93 bits per heavy atom. The highest BCUT2D eigenvalue weighted by Crippen LogP contribution is 2.24. The lowest BCUT2D eigenvalue weighted by Crippen LogP contribution is -2.49. The lowest BCUT2D eigenvalue weighted by atomic mass is 10.1. The molecule has 160 valence electrons. The van der Waals surface area contributed by atoms with E-state index in [4.69, 9.17) is 0 Å². The summed E-state index contributed by atoms with van der Waals surface area (Å²) < 4.78 is 0. The van der Waals surface area contributed by atoms with E-state index in [0.29, 0.717) is 17.8 Å². The van der Waals surface area contributed by atoms with Crippen molar-refractivity contribution in [2.24, 2.45) is 0 Å². The molecule has 2 N–H and O–H groups in total. The van der Waals surface area contributed by atoms with E-state index in [2.05, 4.69) is 32.9 Å². The number of benzene rings is 1. The number of nitro groups is 1. The van der Waals surface area contributed by atoms with Crippen LogP contribution in [0.4, 0.5) is 11.4 Å². The zero-order valence-electron chi connectivity index (χ0n) is 17.0. The van der Waals surface area contributed by atoms with Crippen LogP contribution in [0.5, 0.6) is 0 Å². The van der Waals surface area contributed by atoms with Crippen LogP contribution in [0.15, 0.2) is 35.0 Å². The number of non-ortho nitro benzene ring substituents is 1. The van der Waals surface area contributed by atoms with Gasteiger partial charge >= 0.3 is 11.8 Å². The third-order valence-corrected chi connectivity index (χ3v) is 5.94. The molecular weight excluding hydrogens is 406 g/mol. The van der Waals surface area contributed by atoms with Crippen LogP contribution in [-0.2, 0) is 9.59 Å². The van der Waals surface area contributed by atoms with Gasteiger partial charge < -0.3 is 15.5 Å². The largest absolute Gasteiger partial charge is 0.346 e. The average molecular weight is 432 g/mol. The van der Waals surface area contributed by atoms with Gasteiger partial charge in [-0.1, -0.05) is 0 Å². The lowest BCUT2D eigenvalue weighted by Gasteiger charge is -2.37. The van der Waals surface area contributed by atoms with Crippen molar-refractivity contribution in [3.05, 3.63) is 56.3 Å². The second-order valence-electron chi connectivity index (χ2n) is 7.33. The fourth-order valence-corrected chi connectivity index (χ4v) is 4.11. The van der Waals surface area contributed by atoms with Crippen molar-refractivity contribution < 1.29 is 14.5 Å². The number of nitrogens with zero attached hydrogens (tertiary/aromatic N) is 3. The molecule has 0 aliphatic carbocycles. The Bertz CT molecular complexity index is 910. The topological polar surface area (TPSA) is 108 Å². The molecule has 1 unspecified atom stereocenters. The van der Waals surface area contributed by atoms with E-state index >= 15 is 0 Å². The van der Waals surface area contributed by atoms with Crippen LogP contribution in [0, 0.1) is 17.0 Å². The molecule has 1 atom stereocenters. The first-order chi connectivity index (χ1) is 14.3. The minimum absolute atomic E-state index is 0.00260. The molecule has 30 heavy (non-hydrogen) atoms. The van der Waals surface area contributed by atoms with E-state index in [-0.39, 0.29) is 11.7 Å². The number of hydrogen-bond acceptors (Lipinski definition) is 7. The van der Waals surface area contributed by atoms with Crippen LogP contribution in [0.3, 0.4) is 0 Å². The molecule has 0 radical (unpaired) electrons. The van der Waals surface area contributed by atoms with Gasteiger partial charge in [0.1, 0.15) is 0 Å². The summed E-state index contributed by atoms with van der Waals surface area (Å²) in [6, 6.07) is 6.12. The van der Waals surface area contributed by atoms with Crippen LogP contribution in [-0.4, -0.2) is 66.3 Å². The van der Waals surface area contributed by atoms with Crippen molar-refractivity contribution in [2.75, 3.05) is 45.1 Å². The molecule has 3 rings (SSSR count). The molecule has 0 bridgehead atoms. The number of carbonyl (C=O) groups excluding carboxylic acids is 2. The highest BCUT2D eigenvalue weighted by Gasteiger charge is 2.26. The molecule has 1 aliphatic rings. The first-order valence-corrected chi connectivity index (χ1v) is 10.6. The molecular formula is C20H25N5O4S. The Morgan fingerprint density at radius 3 is 2.53 bits per heavy atom. The standard InChI is InChI=1S/C20H25N5O4S/c1-14-11-16(25(28)29)3-4-17(14)22-20(27)19(26)21-12-18(15-5-10-30-13-15)24-8-6-23(2)7-9-24/h3-5,10-11,13,18H,6-9,12H2,1-2H3,(H,21,26)(H,22,27). The normalized spacial score (nSPS) is 16.1. The summed E-state index contributed by atoms with van der Waals surface area (Å²) in [7, 11) is 2.09. The summed E-state index contributed by atoms with van der Waals surface area (Å²) in [5, 5.41) is 20.2. The van der Waals surface area contributed by atoms with Crippen LogP contribution in [0.1, 0.15) is 17.2 Å². The van der Waals surface area contributed by atoms with Crippen LogP contribution < -0.4 is 10.6 Å². The number of rotatable bonds is 6. The van der Waals surface area contributed by atoms with Crippen molar-refractivity contribution in [3.8, 4) is 0 Å². The number of likely N-dealkylation sites (N-methyl/N-ethyl adjacent to an activating group) is 1. The van der Waals surface area contributed by atoms with Gasteiger partial charge in [0.25, 0.3) is 5.69 Å². The van der Waals surface area contributed by atoms with E-state index in [0.717, 1.165) is 31.7 Å². The summed E-state index contributed by atoms with van der Waals surface area (Å²) in [6.07, 6.45) is 0. The number of carbonyl (C=O) groups is 2. The number of hydrogen-bond donors (Lipinski definition) is 2. The highest BCUT2D eigenvalue weighted by atomic mass is 32.1. The predicted octanol–water partition coefficient (Wildman–Crippen LogP) is 2.01. The van der Waals surface area contributed by atoms with E-state index < -0.39 is 16.7 Å². The van der Waals surface area contributed by atoms with Gasteiger partial charge in [-0.05, 0) is 48.0 Å². The van der Waals surface area contributed by atoms with E-state index in [1.807, 2.05) is 11.4 Å². The SMILES string of the molecule is Cc1cc([N+](=O)[O-])ccc1NC(=O)C(=O)NCC(c1ccsc1)N1CCN(C)CC1. The molecule has 1 aliphatic heterocycles. The molecule has 10 heteroatoms. The minimum atomic E-state index is -0.797.